The van der Waals surface area contributed by atoms with E-state index >= 15 is 0 Å². The summed E-state index contributed by atoms with van der Waals surface area (Å²) in [7, 11) is -9.34. The van der Waals surface area contributed by atoms with Crippen molar-refractivity contribution in [3.63, 3.8) is 0 Å². The normalized spacial score (nSPS) is 22.2. The van der Waals surface area contributed by atoms with E-state index < -0.39 is 76.7 Å². The van der Waals surface area contributed by atoms with Gasteiger partial charge in [0.25, 0.3) is 33.7 Å². The van der Waals surface area contributed by atoms with E-state index in [0.29, 0.717) is 53.6 Å². The molecule has 2 aromatic rings. The van der Waals surface area contributed by atoms with Crippen LogP contribution in [0.5, 0.6) is 0 Å². The molecular formula is C45H55N4O14S2+. The van der Waals surface area contributed by atoms with Crippen LogP contribution >= 0.6 is 0 Å². The molecule has 20 heteroatoms. The number of amides is 4. The Bertz CT molecular complexity index is 2550. The molecule has 2 N–H and O–H groups in total. The van der Waals surface area contributed by atoms with Gasteiger partial charge in [-0.25, -0.2) is 14.1 Å². The fraction of sp³-hybridized carbons (Fsp3) is 0.467. The molecule has 0 spiro atoms. The summed E-state index contributed by atoms with van der Waals surface area (Å²) in [5, 5.41) is 1.00. The predicted octanol–water partition coefficient (Wildman–Crippen LogP) is 5.83. The summed E-state index contributed by atoms with van der Waals surface area (Å²) >= 11 is 0. The Labute approximate surface area is 378 Å². The van der Waals surface area contributed by atoms with Crippen molar-refractivity contribution in [1.29, 1.82) is 0 Å². The van der Waals surface area contributed by atoms with Gasteiger partial charge in [-0.1, -0.05) is 56.7 Å². The average Bonchev–Trinajstić information content (AvgIpc) is 3.86. The molecule has 4 aliphatic rings. The Morgan fingerprint density at radius 3 is 1.83 bits per heavy atom. The van der Waals surface area contributed by atoms with Crippen molar-refractivity contribution < 1.29 is 64.4 Å². The maximum absolute atomic E-state index is 13.7. The molecule has 0 aliphatic carbocycles. The first kappa shape index (κ1) is 48.9. The van der Waals surface area contributed by atoms with Crippen LogP contribution in [-0.4, -0.2) is 90.8 Å². The van der Waals surface area contributed by atoms with Gasteiger partial charge in [-0.3, -0.25) is 23.7 Å². The van der Waals surface area contributed by atoms with Crippen molar-refractivity contribution >= 4 is 67.4 Å². The van der Waals surface area contributed by atoms with E-state index in [1.165, 1.54) is 12.1 Å². The minimum Gasteiger partial charge on any atom is -0.344 e. The fourth-order valence-electron chi connectivity index (χ4n) is 9.26. The zero-order valence-corrected chi connectivity index (χ0v) is 38.4. The van der Waals surface area contributed by atoms with Gasteiger partial charge in [-0.15, -0.1) is 18.5 Å². The number of imide groups is 2. The monoisotopic (exact) mass is 939 g/mol. The van der Waals surface area contributed by atoms with Gasteiger partial charge in [0.1, 0.15) is 12.6 Å². The standard InChI is InChI=1S/C45H54N4O14S2/c1-44(2)33-30-31(64(56,57)58)22-23-34(33)46(28-14-6-10-20-42(54)62-47-38(50)24-25-39(47)51)36(44)18-8-5-9-19-37-45(3,4)32-16-12-13-17-35(32)49(37,65(59,60)61)29-15-7-11-21-43(55)63-48-40(52)26-27-41(48)53/h5,8-9,12-13,16-19,22-23,30,37H,6-7,10-11,14-15,20-21,24-29H2,1-4H3,(H-,56,57,58,59,60,61)/p+1/b8-5+,19-9+,36-18+. The number of allylic oxidation sites excluding steroid dienone is 5. The molecule has 18 nitrogen and oxygen atoms in total. The van der Waals surface area contributed by atoms with Gasteiger partial charge in [-0.2, -0.15) is 12.3 Å². The first-order chi connectivity index (χ1) is 30.5. The molecule has 2 fully saturated rings. The van der Waals surface area contributed by atoms with E-state index in [1.54, 1.807) is 48.6 Å². The van der Waals surface area contributed by atoms with E-state index in [-0.39, 0.29) is 62.8 Å². The molecule has 2 aromatic carbocycles. The average molecular weight is 940 g/mol. The lowest BCUT2D eigenvalue weighted by atomic mass is 9.80. The van der Waals surface area contributed by atoms with Crippen molar-refractivity contribution in [1.82, 2.24) is 14.0 Å². The smallest absolute Gasteiger partial charge is 0.344 e. The first-order valence-electron chi connectivity index (χ1n) is 21.6. The summed E-state index contributed by atoms with van der Waals surface area (Å²) in [5.74, 6) is -3.73. The van der Waals surface area contributed by atoms with Gasteiger partial charge in [-0.05, 0) is 81.9 Å². The third-order valence-corrected chi connectivity index (χ3v) is 14.8. The zero-order chi connectivity index (χ0) is 47.5. The van der Waals surface area contributed by atoms with Crippen LogP contribution < -0.4 is 8.79 Å². The number of hydrogen-bond donors (Lipinski definition) is 2. The summed E-state index contributed by atoms with van der Waals surface area (Å²) in [6.07, 6.45) is 11.1. The van der Waals surface area contributed by atoms with E-state index in [1.807, 2.05) is 44.7 Å². The van der Waals surface area contributed by atoms with Gasteiger partial charge in [0.15, 0.2) is 5.69 Å². The molecule has 0 bridgehead atoms. The molecule has 0 radical (unpaired) electrons. The Morgan fingerprint density at radius 1 is 0.723 bits per heavy atom. The number of rotatable bonds is 19. The van der Waals surface area contributed by atoms with Crippen molar-refractivity contribution in [2.75, 3.05) is 18.0 Å². The number of fused-ring (bicyclic) bond motifs is 2. The van der Waals surface area contributed by atoms with E-state index in [0.717, 1.165) is 16.9 Å². The highest BCUT2D eigenvalue weighted by Crippen LogP contribution is 2.53. The minimum atomic E-state index is -4.83. The highest BCUT2D eigenvalue weighted by Gasteiger charge is 2.62. The highest BCUT2D eigenvalue weighted by atomic mass is 32.2. The number of carbonyl (C=O) groups excluding carboxylic acids is 6. The lowest BCUT2D eigenvalue weighted by Gasteiger charge is -2.38. The molecule has 2 atom stereocenters. The number of para-hydroxylation sites is 1. The minimum absolute atomic E-state index is 0.00337. The second-order valence-electron chi connectivity index (χ2n) is 17.6. The SMILES string of the molecule is CC1(C)\C(=C/C=C/C=C/C2C(C)(C)c3ccccc3[N+]2(CCCCCC(=O)ON2C(=O)CCC2=O)S(=O)(=O)O)N(CCCCCC(=O)ON2C(=O)CCC2=O)c2ccc(S(=O)(=O)O)cc21. The summed E-state index contributed by atoms with van der Waals surface area (Å²) < 4.78 is 71.8. The van der Waals surface area contributed by atoms with Crippen molar-refractivity contribution in [3.05, 3.63) is 89.7 Å². The van der Waals surface area contributed by atoms with Crippen LogP contribution in [0.2, 0.25) is 0 Å². The molecule has 2 unspecified atom stereocenters. The molecule has 2 saturated heterocycles. The van der Waals surface area contributed by atoms with Gasteiger partial charge < -0.3 is 14.6 Å². The van der Waals surface area contributed by atoms with Crippen LogP contribution in [-0.2, 0) is 69.7 Å². The third kappa shape index (κ3) is 10.0. The molecule has 350 valence electrons. The lowest BCUT2D eigenvalue weighted by molar-refractivity contribution is -0.197. The second-order valence-corrected chi connectivity index (χ2v) is 20.6. The van der Waals surface area contributed by atoms with Gasteiger partial charge in [0, 0.05) is 73.5 Å². The molecule has 6 rings (SSSR count). The molecule has 65 heavy (non-hydrogen) atoms. The number of hydroxylamine groups is 4. The number of quaternary nitrogens is 1. The van der Waals surface area contributed by atoms with Crippen LogP contribution in [0.15, 0.2) is 83.4 Å². The number of anilines is 1. The number of nitrogens with zero attached hydrogens (tertiary/aromatic N) is 4. The van der Waals surface area contributed by atoms with Gasteiger partial charge in [0.2, 0.25) is 0 Å². The maximum atomic E-state index is 13.7. The molecule has 0 aromatic heterocycles. The Morgan fingerprint density at radius 2 is 1.28 bits per heavy atom. The van der Waals surface area contributed by atoms with Gasteiger partial charge >= 0.3 is 22.2 Å². The third-order valence-electron chi connectivity index (χ3n) is 12.6. The molecule has 0 saturated carbocycles. The number of unbranched alkanes of at least 4 members (excludes halogenated alkanes) is 4. The maximum Gasteiger partial charge on any atom is 0.438 e. The van der Waals surface area contributed by atoms with E-state index in [4.69, 9.17) is 9.68 Å². The Hall–Kier alpha value is -5.54. The Balaban J connectivity index is 1.19. The molecule has 4 amide bonds. The van der Waals surface area contributed by atoms with Crippen LogP contribution in [0.1, 0.15) is 116 Å². The van der Waals surface area contributed by atoms with Crippen LogP contribution in [0, 0.1) is 0 Å². The summed E-state index contributed by atoms with van der Waals surface area (Å²) in [6, 6.07) is 10.6. The van der Waals surface area contributed by atoms with Crippen LogP contribution in [0.4, 0.5) is 11.4 Å². The van der Waals surface area contributed by atoms with E-state index in [9.17, 15) is 54.7 Å². The van der Waals surface area contributed by atoms with Crippen molar-refractivity contribution in [3.8, 4) is 0 Å². The topological polar surface area (TPSA) is 239 Å². The second kappa shape index (κ2) is 19.1. The number of hydrogen-bond acceptors (Lipinski definition) is 13. The summed E-state index contributed by atoms with van der Waals surface area (Å²) in [5.41, 5.74) is 1.78. The van der Waals surface area contributed by atoms with Gasteiger partial charge in [0.05, 0.1) is 10.3 Å². The molecular weight excluding hydrogens is 885 g/mol. The highest BCUT2D eigenvalue weighted by molar-refractivity contribution is 7.86. The Kier molecular flexibility index (Phi) is 14.4. The van der Waals surface area contributed by atoms with E-state index in [2.05, 4.69) is 0 Å². The van der Waals surface area contributed by atoms with Crippen LogP contribution in [0.3, 0.4) is 0 Å². The fourth-order valence-corrected chi connectivity index (χ4v) is 11.2. The number of benzene rings is 2. The first-order valence-corrected chi connectivity index (χ1v) is 24.4. The largest absolute Gasteiger partial charge is 0.438 e. The molecule has 4 aliphatic heterocycles. The number of carbonyl (C=O) groups is 6. The van der Waals surface area contributed by atoms with Crippen molar-refractivity contribution in [2.24, 2.45) is 0 Å². The molecule has 4 heterocycles. The summed E-state index contributed by atoms with van der Waals surface area (Å²) in [6.45, 7) is 8.07. The predicted molar refractivity (Wildman–Crippen MR) is 236 cm³/mol. The summed E-state index contributed by atoms with van der Waals surface area (Å²) in [4.78, 5) is 83.8. The van der Waals surface area contributed by atoms with Crippen LogP contribution in [0.25, 0.3) is 0 Å². The van der Waals surface area contributed by atoms with Crippen molar-refractivity contribution in [2.45, 2.75) is 127 Å². The lowest BCUT2D eigenvalue weighted by Crippen LogP contribution is -2.61. The quantitative estimate of drug-likeness (QED) is 0.0554. The zero-order valence-electron chi connectivity index (χ0n) is 36.8.